The van der Waals surface area contributed by atoms with Gasteiger partial charge in [0.25, 0.3) is 10.0 Å². The topological polar surface area (TPSA) is 75.2 Å². The lowest BCUT2D eigenvalue weighted by Crippen LogP contribution is -2.51. The van der Waals surface area contributed by atoms with Crippen LogP contribution in [0.5, 0.6) is 0 Å². The first-order valence-corrected chi connectivity index (χ1v) is 7.24. The van der Waals surface area contributed by atoms with E-state index in [1.807, 2.05) is 6.92 Å². The molecule has 0 saturated carbocycles. The zero-order valence-electron chi connectivity index (χ0n) is 9.37. The van der Waals surface area contributed by atoms with Gasteiger partial charge in [-0.3, -0.25) is 0 Å². The fraction of sp³-hybridized carbons (Fsp3) is 0.556. The fourth-order valence-corrected chi connectivity index (χ4v) is 3.47. The molecule has 94 valence electrons. The van der Waals surface area contributed by atoms with Gasteiger partial charge in [-0.2, -0.15) is 16.9 Å². The third-order valence-electron chi connectivity index (χ3n) is 2.42. The molecule has 0 atom stereocenters. The van der Waals surface area contributed by atoms with E-state index in [4.69, 9.17) is 0 Å². The van der Waals surface area contributed by atoms with E-state index >= 15 is 0 Å². The van der Waals surface area contributed by atoms with Crippen LogP contribution in [0.15, 0.2) is 17.4 Å². The number of nitrogens with one attached hydrogen (secondary N) is 1. The van der Waals surface area contributed by atoms with Crippen LogP contribution >= 0.6 is 12.6 Å². The van der Waals surface area contributed by atoms with Crippen molar-refractivity contribution in [2.24, 2.45) is 0 Å². The van der Waals surface area contributed by atoms with Crippen LogP contribution in [-0.4, -0.2) is 47.6 Å². The predicted molar refractivity (Wildman–Crippen MR) is 67.7 cm³/mol. The van der Waals surface area contributed by atoms with Gasteiger partial charge in [0.1, 0.15) is 5.82 Å². The van der Waals surface area contributed by atoms with Crippen molar-refractivity contribution in [2.45, 2.75) is 17.2 Å². The summed E-state index contributed by atoms with van der Waals surface area (Å²) >= 11 is 4.18. The number of anilines is 1. The minimum Gasteiger partial charge on any atom is -0.369 e. The Labute approximate surface area is 106 Å². The molecule has 1 aromatic heterocycles. The van der Waals surface area contributed by atoms with Gasteiger partial charge < -0.3 is 5.32 Å². The number of rotatable bonds is 4. The summed E-state index contributed by atoms with van der Waals surface area (Å²) in [4.78, 5) is 7.91. The summed E-state index contributed by atoms with van der Waals surface area (Å²) in [7, 11) is -3.48. The van der Waals surface area contributed by atoms with Crippen LogP contribution in [0.4, 0.5) is 5.82 Å². The zero-order chi connectivity index (χ0) is 12.5. The van der Waals surface area contributed by atoms with Crippen LogP contribution in [0, 0.1) is 0 Å². The minimum absolute atomic E-state index is 0.0145. The van der Waals surface area contributed by atoms with Crippen molar-refractivity contribution in [1.29, 1.82) is 0 Å². The molecule has 2 rings (SSSR count). The number of hydrogen-bond donors (Lipinski definition) is 2. The van der Waals surface area contributed by atoms with Gasteiger partial charge in [-0.05, 0) is 6.92 Å². The number of thiol groups is 1. The average Bonchev–Trinajstić information content (AvgIpc) is 2.26. The first-order valence-electron chi connectivity index (χ1n) is 5.28. The molecule has 2 heterocycles. The molecule has 0 aromatic carbocycles. The summed E-state index contributed by atoms with van der Waals surface area (Å²) < 4.78 is 25.3. The summed E-state index contributed by atoms with van der Waals surface area (Å²) in [5.74, 6) is 0.571. The quantitative estimate of drug-likeness (QED) is 0.768. The van der Waals surface area contributed by atoms with E-state index in [1.54, 1.807) is 0 Å². The van der Waals surface area contributed by atoms with Crippen LogP contribution in [0.25, 0.3) is 0 Å². The van der Waals surface area contributed by atoms with Crippen molar-refractivity contribution in [1.82, 2.24) is 14.3 Å². The maximum absolute atomic E-state index is 12.0. The van der Waals surface area contributed by atoms with Crippen molar-refractivity contribution in [3.8, 4) is 0 Å². The normalized spacial score (nSPS) is 17.8. The summed E-state index contributed by atoms with van der Waals surface area (Å²) in [6.45, 7) is 3.51. The van der Waals surface area contributed by atoms with Crippen molar-refractivity contribution in [3.63, 3.8) is 0 Å². The van der Waals surface area contributed by atoms with Crippen LogP contribution in [0.2, 0.25) is 0 Å². The fourth-order valence-electron chi connectivity index (χ4n) is 1.47. The molecule has 1 aliphatic heterocycles. The van der Waals surface area contributed by atoms with Crippen LogP contribution < -0.4 is 5.32 Å². The van der Waals surface area contributed by atoms with Crippen molar-refractivity contribution < 1.29 is 8.42 Å². The van der Waals surface area contributed by atoms with Gasteiger partial charge in [0.2, 0.25) is 0 Å². The molecule has 0 radical (unpaired) electrons. The molecular weight excluding hydrogens is 260 g/mol. The van der Waals surface area contributed by atoms with Crippen molar-refractivity contribution in [3.05, 3.63) is 12.4 Å². The highest BCUT2D eigenvalue weighted by atomic mass is 32.2. The molecule has 1 fully saturated rings. The summed E-state index contributed by atoms with van der Waals surface area (Å²) in [5.41, 5.74) is 0. The highest BCUT2D eigenvalue weighted by Crippen LogP contribution is 2.22. The highest BCUT2D eigenvalue weighted by Gasteiger charge is 2.35. The smallest absolute Gasteiger partial charge is 0.262 e. The van der Waals surface area contributed by atoms with E-state index < -0.39 is 10.0 Å². The Morgan fingerprint density at radius 3 is 2.65 bits per heavy atom. The first kappa shape index (κ1) is 12.6. The Hall–Kier alpha value is -0.860. The molecule has 17 heavy (non-hydrogen) atoms. The first-order chi connectivity index (χ1) is 8.04. The maximum atomic E-state index is 12.0. The van der Waals surface area contributed by atoms with Gasteiger partial charge in [-0.1, -0.05) is 0 Å². The number of nitrogens with zero attached hydrogens (tertiary/aromatic N) is 3. The predicted octanol–water partition coefficient (Wildman–Crippen LogP) is 0.211. The summed E-state index contributed by atoms with van der Waals surface area (Å²) in [5, 5.41) is 3.07. The molecule has 1 aliphatic rings. The van der Waals surface area contributed by atoms with E-state index in [0.717, 1.165) is 0 Å². The summed E-state index contributed by atoms with van der Waals surface area (Å²) in [6.07, 6.45) is 2.70. The van der Waals surface area contributed by atoms with Crippen molar-refractivity contribution >= 4 is 28.5 Å². The lowest BCUT2D eigenvalue weighted by molar-refractivity contribution is 0.320. The number of hydrogen-bond acceptors (Lipinski definition) is 6. The van der Waals surface area contributed by atoms with Crippen LogP contribution in [-0.2, 0) is 10.0 Å². The Bertz CT molecular complexity index is 482. The molecule has 1 aromatic rings. The third-order valence-corrected chi connectivity index (χ3v) is 4.46. The highest BCUT2D eigenvalue weighted by molar-refractivity contribution is 7.89. The van der Waals surface area contributed by atoms with Gasteiger partial charge in [0.15, 0.2) is 5.03 Å². The Morgan fingerprint density at radius 2 is 2.18 bits per heavy atom. The molecule has 0 amide bonds. The van der Waals surface area contributed by atoms with E-state index in [2.05, 4.69) is 27.9 Å². The molecular formula is C9H14N4O2S2. The van der Waals surface area contributed by atoms with Crippen molar-refractivity contribution in [2.75, 3.05) is 25.0 Å². The molecule has 0 spiro atoms. The molecule has 8 heteroatoms. The molecule has 0 bridgehead atoms. The van der Waals surface area contributed by atoms with Crippen LogP contribution in [0.3, 0.4) is 0 Å². The van der Waals surface area contributed by atoms with Gasteiger partial charge in [0, 0.05) is 24.9 Å². The summed E-state index contributed by atoms with van der Waals surface area (Å²) in [6, 6.07) is 0. The average molecular weight is 274 g/mol. The number of sulfonamides is 1. The largest absolute Gasteiger partial charge is 0.369 e. The van der Waals surface area contributed by atoms with Gasteiger partial charge >= 0.3 is 0 Å². The van der Waals surface area contributed by atoms with E-state index in [9.17, 15) is 8.42 Å². The molecule has 6 nitrogen and oxygen atoms in total. The second-order valence-corrected chi connectivity index (χ2v) is 6.36. The standard InChI is InChI=1S/C9H14N4O2S2/c1-2-10-8-3-12-9(4-11-8)17(14,15)13-5-7(16)6-13/h3-4,7,16H,2,5-6H2,1H3,(H,10,11). The monoisotopic (exact) mass is 274 g/mol. The van der Waals surface area contributed by atoms with Gasteiger partial charge in [-0.15, -0.1) is 0 Å². The number of aromatic nitrogens is 2. The molecule has 1 N–H and O–H groups in total. The van der Waals surface area contributed by atoms with E-state index in [1.165, 1.54) is 16.7 Å². The van der Waals surface area contributed by atoms with E-state index in [0.29, 0.717) is 25.5 Å². The zero-order valence-corrected chi connectivity index (χ0v) is 11.1. The third kappa shape index (κ3) is 2.53. The van der Waals surface area contributed by atoms with Gasteiger partial charge in [-0.25, -0.2) is 18.4 Å². The second-order valence-electron chi connectivity index (χ2n) is 3.75. The molecule has 0 aliphatic carbocycles. The SMILES string of the molecule is CCNc1cnc(S(=O)(=O)N2CC(S)C2)cn1. The van der Waals surface area contributed by atoms with Gasteiger partial charge in [0.05, 0.1) is 12.4 Å². The Balaban J connectivity index is 2.16. The Morgan fingerprint density at radius 1 is 1.47 bits per heavy atom. The lowest BCUT2D eigenvalue weighted by atomic mass is 10.3. The maximum Gasteiger partial charge on any atom is 0.262 e. The lowest BCUT2D eigenvalue weighted by Gasteiger charge is -2.34. The minimum atomic E-state index is -3.48. The van der Waals surface area contributed by atoms with Crippen LogP contribution in [0.1, 0.15) is 6.92 Å². The molecule has 1 saturated heterocycles. The second kappa shape index (κ2) is 4.79. The Kier molecular flexibility index (Phi) is 3.55. The van der Waals surface area contributed by atoms with E-state index in [-0.39, 0.29) is 10.3 Å². The molecule has 0 unspecified atom stereocenters.